The smallest absolute Gasteiger partial charge is 0.267 e. The van der Waals surface area contributed by atoms with Gasteiger partial charge in [-0.25, -0.2) is 14.6 Å². The van der Waals surface area contributed by atoms with Crippen molar-refractivity contribution >= 4 is 23.6 Å². The number of nitrogens with one attached hydrogen (secondary N) is 2. The third kappa shape index (κ3) is 5.83. The minimum atomic E-state index is -0.406. The first-order valence-corrected chi connectivity index (χ1v) is 11.2. The first kappa shape index (κ1) is 22.2. The Bertz CT molecular complexity index is 1240. The van der Waals surface area contributed by atoms with Crippen molar-refractivity contribution in [1.29, 1.82) is 0 Å². The number of hydrogen-bond acceptors (Lipinski definition) is 6. The van der Waals surface area contributed by atoms with Crippen molar-refractivity contribution in [1.82, 2.24) is 30.6 Å². The highest BCUT2D eigenvalue weighted by Crippen LogP contribution is 2.20. The molecular formula is C24H22N6O2S. The lowest BCUT2D eigenvalue weighted by Gasteiger charge is -2.09. The van der Waals surface area contributed by atoms with E-state index in [1.165, 1.54) is 0 Å². The zero-order chi connectivity index (χ0) is 23.2. The zero-order valence-electron chi connectivity index (χ0n) is 18.1. The van der Waals surface area contributed by atoms with E-state index in [0.29, 0.717) is 16.9 Å². The van der Waals surface area contributed by atoms with E-state index in [1.807, 2.05) is 44.3 Å². The van der Waals surface area contributed by atoms with Crippen LogP contribution in [-0.4, -0.2) is 31.6 Å². The summed E-state index contributed by atoms with van der Waals surface area (Å²) in [5, 5.41) is 4.88. The van der Waals surface area contributed by atoms with Gasteiger partial charge in [-0.1, -0.05) is 23.9 Å². The lowest BCUT2D eigenvalue weighted by atomic mass is 10.1. The van der Waals surface area contributed by atoms with Gasteiger partial charge in [-0.15, -0.1) is 0 Å². The predicted octanol–water partition coefficient (Wildman–Crippen LogP) is 3.65. The third-order valence-corrected chi connectivity index (χ3v) is 5.65. The van der Waals surface area contributed by atoms with Crippen molar-refractivity contribution in [3.63, 3.8) is 0 Å². The number of amides is 2. The molecule has 2 aromatic heterocycles. The molecule has 8 nitrogen and oxygen atoms in total. The molecule has 0 saturated heterocycles. The predicted molar refractivity (Wildman–Crippen MR) is 126 cm³/mol. The normalized spacial score (nSPS) is 10.6. The van der Waals surface area contributed by atoms with Crippen LogP contribution < -0.4 is 10.9 Å². The fourth-order valence-electron chi connectivity index (χ4n) is 3.10. The summed E-state index contributed by atoms with van der Waals surface area (Å²) >= 11 is 1.54. The molecule has 2 N–H and O–H groups in total. The lowest BCUT2D eigenvalue weighted by Crippen LogP contribution is -2.41. The molecule has 0 unspecified atom stereocenters. The molecule has 4 rings (SSSR count). The van der Waals surface area contributed by atoms with Crippen LogP contribution in [0.25, 0.3) is 5.69 Å². The van der Waals surface area contributed by atoms with Crippen molar-refractivity contribution in [3.8, 4) is 5.69 Å². The second-order valence-electron chi connectivity index (χ2n) is 7.32. The van der Waals surface area contributed by atoms with E-state index in [4.69, 9.17) is 0 Å². The molecule has 0 saturated carbocycles. The van der Waals surface area contributed by atoms with Gasteiger partial charge in [-0.2, -0.15) is 5.10 Å². The van der Waals surface area contributed by atoms with Gasteiger partial charge in [-0.05, 0) is 67.9 Å². The minimum absolute atomic E-state index is 0.395. The van der Waals surface area contributed by atoms with E-state index in [1.54, 1.807) is 59.0 Å². The van der Waals surface area contributed by atoms with Crippen molar-refractivity contribution in [2.75, 3.05) is 0 Å². The van der Waals surface area contributed by atoms with Crippen LogP contribution in [0.2, 0.25) is 0 Å². The van der Waals surface area contributed by atoms with Crippen LogP contribution in [0.1, 0.15) is 37.7 Å². The molecule has 0 atom stereocenters. The first-order valence-electron chi connectivity index (χ1n) is 10.2. The average Bonchev–Trinajstić information content (AvgIpc) is 3.36. The van der Waals surface area contributed by atoms with Crippen LogP contribution in [0.4, 0.5) is 0 Å². The molecular weight excluding hydrogens is 436 g/mol. The van der Waals surface area contributed by atoms with Gasteiger partial charge >= 0.3 is 0 Å². The van der Waals surface area contributed by atoms with Crippen molar-refractivity contribution in [2.45, 2.75) is 24.8 Å². The number of aromatic nitrogens is 4. The summed E-state index contributed by atoms with van der Waals surface area (Å²) in [4.78, 5) is 33.6. The number of rotatable bonds is 6. The Hall–Kier alpha value is -3.98. The van der Waals surface area contributed by atoms with Crippen LogP contribution >= 0.6 is 11.8 Å². The maximum atomic E-state index is 12.4. The highest BCUT2D eigenvalue weighted by Gasteiger charge is 2.10. The third-order valence-electron chi connectivity index (χ3n) is 4.73. The molecule has 0 radical (unpaired) electrons. The first-order chi connectivity index (χ1) is 16.0. The summed E-state index contributed by atoms with van der Waals surface area (Å²) in [6, 6.07) is 17.9. The molecule has 2 heterocycles. The molecule has 0 spiro atoms. The van der Waals surface area contributed by atoms with Gasteiger partial charge in [0.25, 0.3) is 11.8 Å². The molecule has 2 aromatic carbocycles. The number of benzene rings is 2. The van der Waals surface area contributed by atoms with Crippen LogP contribution in [0.5, 0.6) is 0 Å². The minimum Gasteiger partial charge on any atom is -0.267 e. The molecule has 4 aromatic rings. The molecule has 9 heteroatoms. The molecule has 0 aliphatic carbocycles. The second-order valence-corrected chi connectivity index (χ2v) is 8.27. The molecule has 0 bridgehead atoms. The zero-order valence-corrected chi connectivity index (χ0v) is 19.0. The Morgan fingerprint density at radius 1 is 0.879 bits per heavy atom. The number of nitrogens with zero attached hydrogens (tertiary/aromatic N) is 4. The van der Waals surface area contributed by atoms with Crippen LogP contribution in [-0.2, 0) is 5.75 Å². The van der Waals surface area contributed by atoms with Gasteiger partial charge in [0, 0.05) is 40.7 Å². The van der Waals surface area contributed by atoms with Gasteiger partial charge in [0.15, 0.2) is 5.16 Å². The van der Waals surface area contributed by atoms with Gasteiger partial charge in [-0.3, -0.25) is 20.4 Å². The number of thioether (sulfide) groups is 1. The van der Waals surface area contributed by atoms with E-state index in [0.717, 1.165) is 27.8 Å². The Balaban J connectivity index is 1.29. The Morgan fingerprint density at radius 2 is 1.45 bits per heavy atom. The van der Waals surface area contributed by atoms with Gasteiger partial charge in [0.2, 0.25) is 0 Å². The Morgan fingerprint density at radius 3 is 2.00 bits per heavy atom. The maximum absolute atomic E-state index is 12.4. The monoisotopic (exact) mass is 458 g/mol. The van der Waals surface area contributed by atoms with Gasteiger partial charge < -0.3 is 0 Å². The van der Waals surface area contributed by atoms with E-state index in [-0.39, 0.29) is 0 Å². The van der Waals surface area contributed by atoms with Gasteiger partial charge in [0.05, 0.1) is 5.69 Å². The number of carbonyl (C=O) groups is 2. The molecule has 166 valence electrons. The molecule has 0 fully saturated rings. The summed E-state index contributed by atoms with van der Waals surface area (Å²) in [5.74, 6) is -0.110. The molecule has 0 aliphatic rings. The Kier molecular flexibility index (Phi) is 6.80. The van der Waals surface area contributed by atoms with Crippen molar-refractivity contribution < 1.29 is 9.59 Å². The highest BCUT2D eigenvalue weighted by molar-refractivity contribution is 7.98. The largest absolute Gasteiger partial charge is 0.269 e. The number of aryl methyl sites for hydroxylation is 2. The summed E-state index contributed by atoms with van der Waals surface area (Å²) in [5.41, 5.74) is 9.51. The van der Waals surface area contributed by atoms with E-state index >= 15 is 0 Å². The topological polar surface area (TPSA) is 102 Å². The van der Waals surface area contributed by atoms with E-state index < -0.39 is 11.8 Å². The fraction of sp³-hybridized carbons (Fsp3) is 0.125. The molecule has 0 aliphatic heterocycles. The number of hydrazine groups is 1. The number of carbonyl (C=O) groups excluding carboxylic acids is 2. The number of hydrogen-bond donors (Lipinski definition) is 2. The van der Waals surface area contributed by atoms with Crippen LogP contribution in [0, 0.1) is 13.8 Å². The van der Waals surface area contributed by atoms with E-state index in [9.17, 15) is 9.59 Å². The highest BCUT2D eigenvalue weighted by atomic mass is 32.2. The van der Waals surface area contributed by atoms with Crippen molar-refractivity contribution in [3.05, 3.63) is 101 Å². The summed E-state index contributed by atoms with van der Waals surface area (Å²) in [6.45, 7) is 3.89. The van der Waals surface area contributed by atoms with Crippen LogP contribution in [0.15, 0.2) is 78.2 Å². The van der Waals surface area contributed by atoms with Crippen LogP contribution in [0.3, 0.4) is 0 Å². The standard InChI is InChI=1S/C24H22N6O2S/c1-16-14-17(2)27-24(26-16)33-15-18-4-6-19(7-5-18)22(31)28-29-23(32)20-8-10-21(11-9-20)30-13-3-12-25-30/h3-14H,15H2,1-2H3,(H,28,31)(H,29,32). The summed E-state index contributed by atoms with van der Waals surface area (Å²) in [6.07, 6.45) is 3.50. The van der Waals surface area contributed by atoms with Gasteiger partial charge in [0.1, 0.15) is 0 Å². The Labute approximate surface area is 195 Å². The van der Waals surface area contributed by atoms with E-state index in [2.05, 4.69) is 25.9 Å². The lowest BCUT2D eigenvalue weighted by molar-refractivity contribution is 0.0846. The molecule has 33 heavy (non-hydrogen) atoms. The average molecular weight is 459 g/mol. The SMILES string of the molecule is Cc1cc(C)nc(SCc2ccc(C(=O)NNC(=O)c3ccc(-n4cccn4)cc3)cc2)n1. The maximum Gasteiger partial charge on any atom is 0.269 e. The van der Waals surface area contributed by atoms with Crippen molar-refractivity contribution in [2.24, 2.45) is 0 Å². The second kappa shape index (κ2) is 10.1. The summed E-state index contributed by atoms with van der Waals surface area (Å²) < 4.78 is 1.70. The summed E-state index contributed by atoms with van der Waals surface area (Å²) in [7, 11) is 0. The quantitative estimate of drug-likeness (QED) is 0.260. The molecule has 2 amide bonds. The fourth-order valence-corrected chi connectivity index (χ4v) is 4.01.